The number of carboxylic acid groups (broad SMARTS) is 1. The largest absolute Gasteiger partial charge is 0.481 e. The van der Waals surface area contributed by atoms with Gasteiger partial charge in [-0.15, -0.1) is 0 Å². The van der Waals surface area contributed by atoms with Gasteiger partial charge in [0.25, 0.3) is 5.91 Å². The highest BCUT2D eigenvalue weighted by atomic mass is 16.4. The SMILES string of the molecule is CC(=O)c1c(C)[nH]c(C(=O)NCCCCCCCC(=O)O)c1C. The molecule has 0 fully saturated rings. The molecular formula is C17H26N2O4. The van der Waals surface area contributed by atoms with Crippen LogP contribution in [0.3, 0.4) is 0 Å². The Morgan fingerprint density at radius 1 is 1.04 bits per heavy atom. The van der Waals surface area contributed by atoms with Crippen molar-refractivity contribution in [3.8, 4) is 0 Å². The van der Waals surface area contributed by atoms with E-state index in [4.69, 9.17) is 5.11 Å². The van der Waals surface area contributed by atoms with Gasteiger partial charge in [-0.3, -0.25) is 14.4 Å². The summed E-state index contributed by atoms with van der Waals surface area (Å²) < 4.78 is 0. The van der Waals surface area contributed by atoms with Gasteiger partial charge in [-0.05, 0) is 39.2 Å². The van der Waals surface area contributed by atoms with Gasteiger partial charge in [0.2, 0.25) is 0 Å². The van der Waals surface area contributed by atoms with Gasteiger partial charge in [0.15, 0.2) is 5.78 Å². The number of carboxylic acids is 1. The van der Waals surface area contributed by atoms with Gasteiger partial charge in [0.1, 0.15) is 5.69 Å². The van der Waals surface area contributed by atoms with Crippen molar-refractivity contribution in [2.24, 2.45) is 0 Å². The molecule has 0 spiro atoms. The lowest BCUT2D eigenvalue weighted by atomic mass is 10.1. The van der Waals surface area contributed by atoms with Crippen LogP contribution in [-0.2, 0) is 4.79 Å². The van der Waals surface area contributed by atoms with Crippen LogP contribution in [0.15, 0.2) is 0 Å². The third kappa shape index (κ3) is 5.88. The Morgan fingerprint density at radius 3 is 2.22 bits per heavy atom. The quantitative estimate of drug-likeness (QED) is 0.455. The molecule has 1 rings (SSSR count). The van der Waals surface area contributed by atoms with Crippen molar-refractivity contribution >= 4 is 17.7 Å². The molecular weight excluding hydrogens is 296 g/mol. The smallest absolute Gasteiger partial charge is 0.303 e. The van der Waals surface area contributed by atoms with Gasteiger partial charge < -0.3 is 15.4 Å². The van der Waals surface area contributed by atoms with Gasteiger partial charge in [0.05, 0.1) is 0 Å². The van der Waals surface area contributed by atoms with Crippen LogP contribution in [0.25, 0.3) is 0 Å². The van der Waals surface area contributed by atoms with E-state index in [1.165, 1.54) is 6.92 Å². The molecule has 6 heteroatoms. The number of rotatable bonds is 10. The standard InChI is InChI=1S/C17H26N2O4/c1-11-15(13(3)20)12(2)19-16(11)17(23)18-10-8-6-4-5-7-9-14(21)22/h19H,4-10H2,1-3H3,(H,18,23)(H,21,22). The first kappa shape index (κ1) is 18.9. The molecule has 0 saturated carbocycles. The average molecular weight is 322 g/mol. The Bertz CT molecular complexity index is 575. The summed E-state index contributed by atoms with van der Waals surface area (Å²) in [6.45, 7) is 5.63. The molecule has 0 bridgehead atoms. The minimum Gasteiger partial charge on any atom is -0.481 e. The molecule has 1 heterocycles. The van der Waals surface area contributed by atoms with E-state index in [1.54, 1.807) is 13.8 Å². The third-order valence-corrected chi connectivity index (χ3v) is 3.87. The van der Waals surface area contributed by atoms with Crippen LogP contribution in [0.1, 0.15) is 77.6 Å². The second kappa shape index (κ2) is 9.12. The maximum Gasteiger partial charge on any atom is 0.303 e. The van der Waals surface area contributed by atoms with E-state index in [1.807, 2.05) is 0 Å². The summed E-state index contributed by atoms with van der Waals surface area (Å²) in [6, 6.07) is 0. The van der Waals surface area contributed by atoms with Gasteiger partial charge in [0, 0.05) is 24.2 Å². The molecule has 0 aliphatic heterocycles. The van der Waals surface area contributed by atoms with Crippen molar-refractivity contribution in [1.29, 1.82) is 0 Å². The monoisotopic (exact) mass is 322 g/mol. The van der Waals surface area contributed by atoms with Crippen molar-refractivity contribution in [3.63, 3.8) is 0 Å². The molecule has 1 amide bonds. The fraction of sp³-hybridized carbons (Fsp3) is 0.588. The van der Waals surface area contributed by atoms with Crippen LogP contribution in [0, 0.1) is 13.8 Å². The number of carbonyl (C=O) groups is 3. The second-order valence-electron chi connectivity index (χ2n) is 5.85. The zero-order chi connectivity index (χ0) is 17.4. The van der Waals surface area contributed by atoms with Crippen molar-refractivity contribution in [3.05, 3.63) is 22.5 Å². The Morgan fingerprint density at radius 2 is 1.65 bits per heavy atom. The van der Waals surface area contributed by atoms with Gasteiger partial charge in [-0.2, -0.15) is 0 Å². The van der Waals surface area contributed by atoms with Crippen molar-refractivity contribution in [2.45, 2.75) is 59.3 Å². The number of hydrogen-bond donors (Lipinski definition) is 3. The molecule has 6 nitrogen and oxygen atoms in total. The van der Waals surface area contributed by atoms with Crippen LogP contribution in [0.2, 0.25) is 0 Å². The molecule has 3 N–H and O–H groups in total. The number of aromatic amines is 1. The maximum absolute atomic E-state index is 12.1. The number of aliphatic carboxylic acids is 1. The predicted molar refractivity (Wildman–Crippen MR) is 87.9 cm³/mol. The first-order valence-electron chi connectivity index (χ1n) is 8.04. The van der Waals surface area contributed by atoms with Crippen LogP contribution in [0.5, 0.6) is 0 Å². The summed E-state index contributed by atoms with van der Waals surface area (Å²) in [4.78, 5) is 37.1. The van der Waals surface area contributed by atoms with Crippen molar-refractivity contribution < 1.29 is 19.5 Å². The van der Waals surface area contributed by atoms with E-state index in [9.17, 15) is 14.4 Å². The van der Waals surface area contributed by atoms with Gasteiger partial charge in [-0.25, -0.2) is 0 Å². The second-order valence-corrected chi connectivity index (χ2v) is 5.85. The lowest BCUT2D eigenvalue weighted by Gasteiger charge is -2.05. The molecule has 0 atom stereocenters. The fourth-order valence-electron chi connectivity index (χ4n) is 2.73. The van der Waals surface area contributed by atoms with Crippen LogP contribution >= 0.6 is 0 Å². The minimum absolute atomic E-state index is 0.0448. The fourth-order valence-corrected chi connectivity index (χ4v) is 2.73. The van der Waals surface area contributed by atoms with Crippen molar-refractivity contribution in [2.75, 3.05) is 6.54 Å². The summed E-state index contributed by atoms with van der Waals surface area (Å²) in [6.07, 6.45) is 4.62. The van der Waals surface area contributed by atoms with Crippen LogP contribution < -0.4 is 5.32 Å². The van der Waals surface area contributed by atoms with E-state index >= 15 is 0 Å². The lowest BCUT2D eigenvalue weighted by Crippen LogP contribution is -2.25. The number of aryl methyl sites for hydroxylation is 1. The number of hydrogen-bond acceptors (Lipinski definition) is 3. The van der Waals surface area contributed by atoms with Crippen LogP contribution in [-0.4, -0.2) is 34.3 Å². The Kier molecular flexibility index (Phi) is 7.51. The van der Waals surface area contributed by atoms with E-state index in [2.05, 4.69) is 10.3 Å². The highest BCUT2D eigenvalue weighted by Crippen LogP contribution is 2.18. The zero-order valence-electron chi connectivity index (χ0n) is 14.1. The summed E-state index contributed by atoms with van der Waals surface area (Å²) in [5.74, 6) is -0.987. The van der Waals surface area contributed by atoms with E-state index in [0.717, 1.165) is 31.4 Å². The van der Waals surface area contributed by atoms with E-state index in [0.29, 0.717) is 29.8 Å². The molecule has 128 valence electrons. The molecule has 1 aromatic rings. The number of carbonyl (C=O) groups excluding carboxylic acids is 2. The van der Waals surface area contributed by atoms with Crippen molar-refractivity contribution in [1.82, 2.24) is 10.3 Å². The average Bonchev–Trinajstić information content (AvgIpc) is 2.76. The first-order valence-corrected chi connectivity index (χ1v) is 8.04. The molecule has 0 saturated heterocycles. The summed E-state index contributed by atoms with van der Waals surface area (Å²) in [5, 5.41) is 11.4. The number of Topliss-reactive ketones (excluding diaryl/α,β-unsaturated/α-hetero) is 1. The van der Waals surface area contributed by atoms with Gasteiger partial charge in [-0.1, -0.05) is 19.3 Å². The maximum atomic E-state index is 12.1. The molecule has 23 heavy (non-hydrogen) atoms. The molecule has 0 unspecified atom stereocenters. The summed E-state index contributed by atoms with van der Waals surface area (Å²) in [7, 11) is 0. The summed E-state index contributed by atoms with van der Waals surface area (Å²) in [5.41, 5.74) is 2.46. The number of ketones is 1. The number of aromatic nitrogens is 1. The highest BCUT2D eigenvalue weighted by Gasteiger charge is 2.19. The van der Waals surface area contributed by atoms with E-state index in [-0.39, 0.29) is 18.1 Å². The first-order chi connectivity index (χ1) is 10.8. The van der Waals surface area contributed by atoms with Gasteiger partial charge >= 0.3 is 5.97 Å². The predicted octanol–water partition coefficient (Wildman–Crippen LogP) is 2.99. The zero-order valence-corrected chi connectivity index (χ0v) is 14.1. The molecule has 0 radical (unpaired) electrons. The molecule has 0 aliphatic carbocycles. The Hall–Kier alpha value is -2.11. The van der Waals surface area contributed by atoms with E-state index < -0.39 is 5.97 Å². The number of unbranched alkanes of at least 4 members (excludes halogenated alkanes) is 4. The normalized spacial score (nSPS) is 10.6. The van der Waals surface area contributed by atoms with Crippen LogP contribution in [0.4, 0.5) is 0 Å². The lowest BCUT2D eigenvalue weighted by molar-refractivity contribution is -0.137. The highest BCUT2D eigenvalue weighted by molar-refractivity contribution is 6.02. The Labute approximate surface area is 136 Å². The third-order valence-electron chi connectivity index (χ3n) is 3.87. The summed E-state index contributed by atoms with van der Waals surface area (Å²) >= 11 is 0. The molecule has 0 aliphatic rings. The topological polar surface area (TPSA) is 99.3 Å². The molecule has 0 aromatic carbocycles. The molecule has 1 aromatic heterocycles. The number of H-pyrrole nitrogens is 1. The minimum atomic E-state index is -0.751. The number of nitrogens with one attached hydrogen (secondary N) is 2. The number of amides is 1. The Balaban J connectivity index is 2.31.